The molecule has 0 bridgehead atoms. The van der Waals surface area contributed by atoms with Gasteiger partial charge in [0.2, 0.25) is 0 Å². The van der Waals surface area contributed by atoms with Crippen molar-refractivity contribution in [3.8, 4) is 0 Å². The molecule has 0 aromatic heterocycles. The second-order valence-corrected chi connectivity index (χ2v) is 10.4. The van der Waals surface area contributed by atoms with E-state index < -0.39 is 6.29 Å². The molecule has 0 radical (unpaired) electrons. The smallest absolute Gasteiger partial charge is 0.161 e. The quantitative estimate of drug-likeness (QED) is 0.282. The van der Waals surface area contributed by atoms with Gasteiger partial charge in [-0.15, -0.1) is 0 Å². The van der Waals surface area contributed by atoms with Crippen LogP contribution >= 0.6 is 0 Å². The van der Waals surface area contributed by atoms with E-state index in [1.54, 1.807) is 0 Å². The normalized spacial score (nSPS) is 27.3. The molecule has 6 atom stereocenters. The minimum atomic E-state index is -0.400. The Labute approximate surface area is 232 Å². The third-order valence-electron chi connectivity index (χ3n) is 7.25. The minimum Gasteiger partial charge on any atom is -0.378 e. The van der Waals surface area contributed by atoms with Gasteiger partial charge in [0.15, 0.2) is 6.29 Å². The van der Waals surface area contributed by atoms with Crippen LogP contribution in [0.3, 0.4) is 0 Å². The topological polar surface area (TPSA) is 55.4 Å². The first-order chi connectivity index (χ1) is 19.2. The van der Waals surface area contributed by atoms with E-state index in [1.807, 2.05) is 54.6 Å². The molecule has 3 aromatic rings. The van der Waals surface area contributed by atoms with Crippen molar-refractivity contribution in [3.63, 3.8) is 0 Å². The maximum Gasteiger partial charge on any atom is 0.161 e. The Bertz CT molecular complexity index is 1080. The second kappa shape index (κ2) is 14.7. The van der Waals surface area contributed by atoms with Gasteiger partial charge >= 0.3 is 0 Å². The van der Waals surface area contributed by atoms with E-state index in [-0.39, 0.29) is 30.5 Å². The molecule has 2 saturated heterocycles. The summed E-state index contributed by atoms with van der Waals surface area (Å²) in [5.74, 6) is 0. The average Bonchev–Trinajstić information content (AvgIpc) is 2.97. The van der Waals surface area contributed by atoms with E-state index in [9.17, 15) is 0 Å². The van der Waals surface area contributed by atoms with Crippen molar-refractivity contribution < 1.29 is 28.4 Å². The zero-order chi connectivity index (χ0) is 26.7. The Morgan fingerprint density at radius 2 is 1.31 bits per heavy atom. The van der Waals surface area contributed by atoms with Gasteiger partial charge in [-0.25, -0.2) is 0 Å². The molecule has 2 heterocycles. The van der Waals surface area contributed by atoms with E-state index >= 15 is 0 Å². The lowest BCUT2D eigenvalue weighted by atomic mass is 10.00. The predicted molar refractivity (Wildman–Crippen MR) is 149 cm³/mol. The van der Waals surface area contributed by atoms with Crippen LogP contribution < -0.4 is 0 Å². The summed E-state index contributed by atoms with van der Waals surface area (Å²) >= 11 is 0. The van der Waals surface area contributed by atoms with Gasteiger partial charge in [0.25, 0.3) is 0 Å². The van der Waals surface area contributed by atoms with Crippen LogP contribution in [-0.4, -0.2) is 50.0 Å². The Kier molecular flexibility index (Phi) is 10.5. The fourth-order valence-electron chi connectivity index (χ4n) is 5.20. The molecular weight excluding hydrogens is 492 g/mol. The molecule has 0 saturated carbocycles. The van der Waals surface area contributed by atoms with Crippen LogP contribution in [0.4, 0.5) is 0 Å². The average molecular weight is 533 g/mol. The van der Waals surface area contributed by atoms with Gasteiger partial charge < -0.3 is 28.4 Å². The van der Waals surface area contributed by atoms with Crippen molar-refractivity contribution >= 4 is 0 Å². The predicted octanol–water partition coefficient (Wildman–Crippen LogP) is 6.07. The summed E-state index contributed by atoms with van der Waals surface area (Å²) in [6, 6.07) is 30.6. The van der Waals surface area contributed by atoms with Crippen LogP contribution in [0.1, 0.15) is 42.9 Å². The Balaban J connectivity index is 1.31. The molecule has 0 amide bonds. The summed E-state index contributed by atoms with van der Waals surface area (Å²) in [6.07, 6.45) is 1.34. The summed E-state index contributed by atoms with van der Waals surface area (Å²) in [7, 11) is 0. The molecule has 39 heavy (non-hydrogen) atoms. The lowest BCUT2D eigenvalue weighted by Gasteiger charge is -2.42. The third-order valence-corrected chi connectivity index (χ3v) is 7.25. The molecule has 0 aliphatic carbocycles. The van der Waals surface area contributed by atoms with E-state index in [1.165, 1.54) is 0 Å². The van der Waals surface area contributed by atoms with Gasteiger partial charge in [0, 0.05) is 13.0 Å². The van der Waals surface area contributed by atoms with E-state index in [0.717, 1.165) is 29.5 Å². The van der Waals surface area contributed by atoms with Crippen molar-refractivity contribution in [2.45, 2.75) is 82.8 Å². The zero-order valence-electron chi connectivity index (χ0n) is 22.7. The first kappa shape index (κ1) is 28.0. The van der Waals surface area contributed by atoms with E-state index in [4.69, 9.17) is 28.4 Å². The van der Waals surface area contributed by atoms with Crippen LogP contribution in [0.5, 0.6) is 0 Å². The lowest BCUT2D eigenvalue weighted by molar-refractivity contribution is -0.293. The van der Waals surface area contributed by atoms with Crippen LogP contribution in [0.2, 0.25) is 0 Å². The highest BCUT2D eigenvalue weighted by atomic mass is 16.7. The molecule has 0 spiro atoms. The van der Waals surface area contributed by atoms with Crippen molar-refractivity contribution in [2.75, 3.05) is 13.2 Å². The minimum absolute atomic E-state index is 0.0983. The number of hydrogen-bond acceptors (Lipinski definition) is 6. The summed E-state index contributed by atoms with van der Waals surface area (Å²) in [4.78, 5) is 0. The van der Waals surface area contributed by atoms with Gasteiger partial charge in [-0.1, -0.05) is 91.0 Å². The standard InChI is InChI=1S/C33H40O6/c1-25-19-29(17-18-35-25)38-32-20-30(36-22-27-13-7-3-8-14-27)33(37-23-28-15-9-4-10-16-28)31(39-32)24-34-21-26-11-5-2-6-12-26/h2-16,25,29-33H,17-24H2,1H3/t25-,29?,30+,31+,32-,33+/m0/s1. The molecule has 6 heteroatoms. The molecule has 2 aliphatic heterocycles. The molecular formula is C33H40O6. The molecule has 3 aromatic carbocycles. The van der Waals surface area contributed by atoms with Crippen LogP contribution in [0, 0.1) is 0 Å². The molecule has 2 aliphatic rings. The SMILES string of the molecule is C[C@H]1CC(O[C@@H]2C[C@@H](OCc3ccccc3)[C@@H](OCc3ccccc3)[C@@H](COCc3ccccc3)O2)CCO1. The van der Waals surface area contributed by atoms with Gasteiger partial charge in [-0.05, 0) is 36.5 Å². The van der Waals surface area contributed by atoms with Crippen LogP contribution in [0.15, 0.2) is 91.0 Å². The number of ether oxygens (including phenoxy) is 6. The summed E-state index contributed by atoms with van der Waals surface area (Å²) in [5, 5.41) is 0. The first-order valence-electron chi connectivity index (χ1n) is 14.1. The Hall–Kier alpha value is -2.58. The molecule has 1 unspecified atom stereocenters. The summed E-state index contributed by atoms with van der Waals surface area (Å²) in [5.41, 5.74) is 3.35. The molecule has 5 rings (SSSR count). The van der Waals surface area contributed by atoms with Crippen molar-refractivity contribution in [2.24, 2.45) is 0 Å². The van der Waals surface area contributed by atoms with E-state index in [0.29, 0.717) is 39.5 Å². The highest BCUT2D eigenvalue weighted by Crippen LogP contribution is 2.30. The van der Waals surface area contributed by atoms with E-state index in [2.05, 4.69) is 43.3 Å². The molecule has 208 valence electrons. The lowest BCUT2D eigenvalue weighted by Crippen LogP contribution is -2.53. The van der Waals surface area contributed by atoms with Gasteiger partial charge in [-0.3, -0.25) is 0 Å². The van der Waals surface area contributed by atoms with Crippen molar-refractivity contribution in [3.05, 3.63) is 108 Å². The second-order valence-electron chi connectivity index (χ2n) is 10.4. The van der Waals surface area contributed by atoms with Gasteiger partial charge in [-0.2, -0.15) is 0 Å². The number of benzene rings is 3. The molecule has 6 nitrogen and oxygen atoms in total. The number of hydrogen-bond donors (Lipinski definition) is 0. The highest BCUT2D eigenvalue weighted by molar-refractivity contribution is 5.15. The number of rotatable bonds is 12. The largest absolute Gasteiger partial charge is 0.378 e. The van der Waals surface area contributed by atoms with Crippen molar-refractivity contribution in [1.29, 1.82) is 0 Å². The summed E-state index contributed by atoms with van der Waals surface area (Å²) in [6.45, 7) is 4.65. The highest BCUT2D eigenvalue weighted by Gasteiger charge is 2.42. The molecule has 0 N–H and O–H groups in total. The maximum absolute atomic E-state index is 6.55. The zero-order valence-corrected chi connectivity index (χ0v) is 22.7. The van der Waals surface area contributed by atoms with Crippen molar-refractivity contribution in [1.82, 2.24) is 0 Å². The fourth-order valence-corrected chi connectivity index (χ4v) is 5.20. The van der Waals surface area contributed by atoms with Gasteiger partial charge in [0.05, 0.1) is 44.7 Å². The van der Waals surface area contributed by atoms with Crippen LogP contribution in [0.25, 0.3) is 0 Å². The Morgan fingerprint density at radius 1 is 0.718 bits per heavy atom. The van der Waals surface area contributed by atoms with Crippen LogP contribution in [-0.2, 0) is 48.2 Å². The molecule has 2 fully saturated rings. The van der Waals surface area contributed by atoms with Gasteiger partial charge in [0.1, 0.15) is 12.2 Å². The maximum atomic E-state index is 6.55. The first-order valence-corrected chi connectivity index (χ1v) is 14.1. The third kappa shape index (κ3) is 8.70. The Morgan fingerprint density at radius 3 is 1.92 bits per heavy atom. The fraction of sp³-hybridized carbons (Fsp3) is 0.455. The monoisotopic (exact) mass is 532 g/mol. The summed E-state index contributed by atoms with van der Waals surface area (Å²) < 4.78 is 38.0.